The lowest BCUT2D eigenvalue weighted by molar-refractivity contribution is -0.255. The molecule has 2 saturated heterocycles. The Morgan fingerprint density at radius 1 is 0.686 bits per heavy atom. The molecule has 14 heteroatoms. The summed E-state index contributed by atoms with van der Waals surface area (Å²) in [6.07, 6.45) is 0.673. The fraction of sp³-hybridized carbons (Fsp3) is 1.00. The van der Waals surface area contributed by atoms with Crippen LogP contribution in [0.4, 0.5) is 0 Å². The molecular weight excluding hydrogens is 504 g/mol. The lowest BCUT2D eigenvalue weighted by Crippen LogP contribution is -2.60. The number of piperidine rings is 2. The van der Waals surface area contributed by atoms with Crippen molar-refractivity contribution in [2.45, 2.75) is 122 Å². The number of rotatable bonds is 7. The van der Waals surface area contributed by atoms with Crippen LogP contribution in [0.25, 0.3) is 0 Å². The molecule has 0 saturated carbocycles. The van der Waals surface area contributed by atoms with Gasteiger partial charge >= 0.3 is 20.8 Å². The molecule has 0 bridgehead atoms. The van der Waals surface area contributed by atoms with Gasteiger partial charge in [-0.2, -0.15) is 27.0 Å². The highest BCUT2D eigenvalue weighted by atomic mass is 32.3. The first-order valence-corrected chi connectivity index (χ1v) is 14.2. The van der Waals surface area contributed by atoms with Crippen molar-refractivity contribution < 1.29 is 44.0 Å². The summed E-state index contributed by atoms with van der Waals surface area (Å²) in [6.45, 7) is 16.4. The van der Waals surface area contributed by atoms with E-state index < -0.39 is 55.2 Å². The van der Waals surface area contributed by atoms with Crippen molar-refractivity contribution >= 4 is 20.8 Å². The first-order valence-electron chi connectivity index (χ1n) is 11.6. The fourth-order valence-electron chi connectivity index (χ4n) is 5.04. The quantitative estimate of drug-likeness (QED) is 0.481. The molecule has 0 aromatic rings. The molecule has 0 aliphatic carbocycles. The fourth-order valence-corrected chi connectivity index (χ4v) is 6.40. The van der Waals surface area contributed by atoms with Crippen molar-refractivity contribution in [3.05, 3.63) is 0 Å². The van der Waals surface area contributed by atoms with Crippen LogP contribution in [-0.2, 0) is 37.5 Å². The SMILES string of the molecule is CCOS(=O)(=O)OC1CC(C)(C)N(O)C(C)(C)C1.COS(=O)(=O)OC1CC(C)(C)N(O)C(C)(C)C1. The van der Waals surface area contributed by atoms with Gasteiger partial charge in [0.05, 0.1) is 25.9 Å². The lowest BCUT2D eigenvalue weighted by Gasteiger charge is -2.50. The number of hydrogen-bond acceptors (Lipinski definition) is 12. The van der Waals surface area contributed by atoms with E-state index in [-0.39, 0.29) is 6.61 Å². The number of hydrogen-bond donors (Lipinski definition) is 2. The molecule has 2 N–H and O–H groups in total. The van der Waals surface area contributed by atoms with Gasteiger partial charge in [-0.15, -0.1) is 0 Å². The van der Waals surface area contributed by atoms with Crippen LogP contribution < -0.4 is 0 Å². The van der Waals surface area contributed by atoms with Crippen LogP contribution in [0.1, 0.15) is 88.0 Å². The van der Waals surface area contributed by atoms with Gasteiger partial charge in [0.1, 0.15) is 0 Å². The lowest BCUT2D eigenvalue weighted by atomic mass is 9.80. The Labute approximate surface area is 211 Å². The molecule has 0 radical (unpaired) electrons. The molecule has 2 heterocycles. The largest absolute Gasteiger partial charge is 0.400 e. The molecule has 2 rings (SSSR count). The third-order valence-electron chi connectivity index (χ3n) is 6.18. The maximum Gasteiger partial charge on any atom is 0.400 e. The summed E-state index contributed by atoms with van der Waals surface area (Å²) in [5.74, 6) is 0. The molecule has 12 nitrogen and oxygen atoms in total. The molecule has 0 unspecified atom stereocenters. The van der Waals surface area contributed by atoms with Gasteiger partial charge in [-0.1, -0.05) is 0 Å². The molecule has 0 atom stereocenters. The monoisotopic (exact) mass is 548 g/mol. The average molecular weight is 549 g/mol. The smallest absolute Gasteiger partial charge is 0.313 e. The first-order chi connectivity index (χ1) is 15.5. The maximum atomic E-state index is 11.5. The molecule has 2 fully saturated rings. The van der Waals surface area contributed by atoms with Gasteiger partial charge in [-0.3, -0.25) is 4.18 Å². The molecule has 0 aromatic heterocycles. The van der Waals surface area contributed by atoms with Gasteiger partial charge in [0, 0.05) is 22.2 Å². The second-order valence-corrected chi connectivity index (χ2v) is 14.1. The highest BCUT2D eigenvalue weighted by Crippen LogP contribution is 2.39. The first kappa shape index (κ1) is 32.6. The third-order valence-corrected chi connectivity index (χ3v) is 8.12. The van der Waals surface area contributed by atoms with Gasteiger partial charge in [-0.05, 0) is 88.0 Å². The summed E-state index contributed by atoms with van der Waals surface area (Å²) in [5, 5.41) is 22.7. The Bertz CT molecular complexity index is 880. The predicted molar refractivity (Wildman–Crippen MR) is 128 cm³/mol. The van der Waals surface area contributed by atoms with E-state index in [1.165, 1.54) is 10.1 Å². The highest BCUT2D eigenvalue weighted by molar-refractivity contribution is 7.82. The minimum atomic E-state index is -3.95. The zero-order valence-corrected chi connectivity index (χ0v) is 24.2. The molecular formula is C21H44N2O10S2. The highest BCUT2D eigenvalue weighted by Gasteiger charge is 2.47. The molecule has 0 spiro atoms. The van der Waals surface area contributed by atoms with E-state index in [1.807, 2.05) is 55.4 Å². The van der Waals surface area contributed by atoms with Crippen molar-refractivity contribution in [2.75, 3.05) is 13.7 Å². The third kappa shape index (κ3) is 9.13. The van der Waals surface area contributed by atoms with Gasteiger partial charge in [0.25, 0.3) is 0 Å². The molecule has 0 amide bonds. The van der Waals surface area contributed by atoms with Crippen molar-refractivity contribution in [2.24, 2.45) is 0 Å². The number of nitrogens with zero attached hydrogens (tertiary/aromatic N) is 2. The van der Waals surface area contributed by atoms with Crippen molar-refractivity contribution in [1.29, 1.82) is 0 Å². The standard InChI is InChI=1S/C11H23NO5S.C10H21NO5S/c1-6-16-18(14,15)17-9-7-10(2,3)12(13)11(4,5)8-9;1-9(2)6-8(16-17(13,14)15-5)7-10(3,4)11(9)12/h9,13H,6-8H2,1-5H3;8,12H,6-7H2,1-5H3. The molecule has 0 aromatic carbocycles. The summed E-state index contributed by atoms with van der Waals surface area (Å²) in [7, 11) is -6.82. The van der Waals surface area contributed by atoms with Crippen LogP contribution in [0.15, 0.2) is 0 Å². The van der Waals surface area contributed by atoms with E-state index in [0.717, 1.165) is 7.11 Å². The second-order valence-electron chi connectivity index (χ2n) is 11.5. The minimum Gasteiger partial charge on any atom is -0.313 e. The minimum absolute atomic E-state index is 0.0496. The topological polar surface area (TPSA) is 152 Å². The van der Waals surface area contributed by atoms with Gasteiger partial charge in [-0.25, -0.2) is 12.5 Å². The summed E-state index contributed by atoms with van der Waals surface area (Å²) in [4.78, 5) is 0. The maximum absolute atomic E-state index is 11.5. The Morgan fingerprint density at radius 2 is 0.971 bits per heavy atom. The van der Waals surface area contributed by atoms with Gasteiger partial charge < -0.3 is 10.4 Å². The Balaban J connectivity index is 0.000000351. The van der Waals surface area contributed by atoms with Gasteiger partial charge in [0.2, 0.25) is 0 Å². The summed E-state index contributed by atoms with van der Waals surface area (Å²) < 4.78 is 64.3. The van der Waals surface area contributed by atoms with Crippen molar-refractivity contribution in [3.8, 4) is 0 Å². The van der Waals surface area contributed by atoms with Crippen LogP contribution in [0.3, 0.4) is 0 Å². The van der Waals surface area contributed by atoms with Crippen LogP contribution in [0.2, 0.25) is 0 Å². The summed E-state index contributed by atoms with van der Waals surface area (Å²) >= 11 is 0. The van der Waals surface area contributed by atoms with Gasteiger partial charge in [0.15, 0.2) is 0 Å². The van der Waals surface area contributed by atoms with E-state index in [1.54, 1.807) is 6.92 Å². The molecule has 210 valence electrons. The van der Waals surface area contributed by atoms with Crippen molar-refractivity contribution in [3.63, 3.8) is 0 Å². The van der Waals surface area contributed by atoms with E-state index in [2.05, 4.69) is 8.37 Å². The zero-order chi connectivity index (χ0) is 27.7. The average Bonchev–Trinajstić information content (AvgIpc) is 2.63. The van der Waals surface area contributed by atoms with E-state index in [4.69, 9.17) is 8.37 Å². The van der Waals surface area contributed by atoms with E-state index >= 15 is 0 Å². The van der Waals surface area contributed by atoms with E-state index in [0.29, 0.717) is 25.7 Å². The molecule has 2 aliphatic rings. The van der Waals surface area contributed by atoms with Crippen LogP contribution in [-0.4, -0.2) is 85.5 Å². The Kier molecular flexibility index (Phi) is 10.4. The second kappa shape index (κ2) is 11.1. The van der Waals surface area contributed by atoms with Crippen LogP contribution in [0, 0.1) is 0 Å². The molecule has 2 aliphatic heterocycles. The van der Waals surface area contributed by atoms with Crippen LogP contribution >= 0.6 is 0 Å². The molecule has 35 heavy (non-hydrogen) atoms. The van der Waals surface area contributed by atoms with Crippen LogP contribution in [0.5, 0.6) is 0 Å². The Hall–Kier alpha value is -0.420. The number of hydroxylamine groups is 4. The van der Waals surface area contributed by atoms with Crippen molar-refractivity contribution in [1.82, 2.24) is 10.1 Å². The zero-order valence-electron chi connectivity index (χ0n) is 22.6. The Morgan fingerprint density at radius 3 is 1.23 bits per heavy atom. The predicted octanol–water partition coefficient (Wildman–Crippen LogP) is 3.00. The normalized spacial score (nSPS) is 25.6. The van der Waals surface area contributed by atoms with E-state index in [9.17, 15) is 27.3 Å². The summed E-state index contributed by atoms with van der Waals surface area (Å²) in [5.41, 5.74) is -2.19. The summed E-state index contributed by atoms with van der Waals surface area (Å²) in [6, 6.07) is 0.